The second-order valence-electron chi connectivity index (χ2n) is 4.10. The molecule has 90 valence electrons. The Morgan fingerprint density at radius 1 is 1.56 bits per heavy atom. The van der Waals surface area contributed by atoms with E-state index < -0.39 is 5.60 Å². The van der Waals surface area contributed by atoms with Crippen LogP contribution in [0.15, 0.2) is 18.5 Å². The third kappa shape index (κ3) is 4.46. The van der Waals surface area contributed by atoms with Crippen LogP contribution in [0, 0.1) is 0 Å². The summed E-state index contributed by atoms with van der Waals surface area (Å²) in [4.78, 5) is 3.95. The molecule has 1 unspecified atom stereocenters. The SMILES string of the molecule is COCCC(C)(O)CNc1cncc(N)c1. The monoisotopic (exact) mass is 225 g/mol. The molecule has 5 heteroatoms. The van der Waals surface area contributed by atoms with Crippen LogP contribution in [0.2, 0.25) is 0 Å². The largest absolute Gasteiger partial charge is 0.397 e. The summed E-state index contributed by atoms with van der Waals surface area (Å²) in [5, 5.41) is 13.1. The van der Waals surface area contributed by atoms with Crippen LogP contribution in [0.4, 0.5) is 11.4 Å². The van der Waals surface area contributed by atoms with Crippen LogP contribution >= 0.6 is 0 Å². The molecule has 16 heavy (non-hydrogen) atoms. The van der Waals surface area contributed by atoms with Gasteiger partial charge in [-0.2, -0.15) is 0 Å². The summed E-state index contributed by atoms with van der Waals surface area (Å²) < 4.78 is 4.93. The van der Waals surface area contributed by atoms with Gasteiger partial charge in [-0.15, -0.1) is 0 Å². The smallest absolute Gasteiger partial charge is 0.0813 e. The number of nitrogens with two attached hydrogens (primary N) is 1. The lowest BCUT2D eigenvalue weighted by Gasteiger charge is -2.23. The van der Waals surface area contributed by atoms with Crippen molar-refractivity contribution in [2.75, 3.05) is 31.3 Å². The van der Waals surface area contributed by atoms with E-state index in [0.29, 0.717) is 25.3 Å². The number of nitrogen functional groups attached to an aromatic ring is 1. The van der Waals surface area contributed by atoms with E-state index in [1.54, 1.807) is 32.5 Å². The topological polar surface area (TPSA) is 80.4 Å². The fraction of sp³-hybridized carbons (Fsp3) is 0.545. The van der Waals surface area contributed by atoms with Gasteiger partial charge in [0.1, 0.15) is 0 Å². The zero-order valence-corrected chi connectivity index (χ0v) is 9.73. The molecule has 1 aromatic rings. The predicted octanol–water partition coefficient (Wildman–Crippen LogP) is 0.863. The van der Waals surface area contributed by atoms with E-state index in [0.717, 1.165) is 5.69 Å². The lowest BCUT2D eigenvalue weighted by molar-refractivity contribution is 0.0357. The number of anilines is 2. The van der Waals surface area contributed by atoms with Gasteiger partial charge in [-0.1, -0.05) is 0 Å². The Kier molecular flexibility index (Phi) is 4.52. The first-order valence-corrected chi connectivity index (χ1v) is 5.19. The quantitative estimate of drug-likeness (QED) is 0.669. The molecule has 0 fully saturated rings. The molecule has 1 heterocycles. The minimum Gasteiger partial charge on any atom is -0.397 e. The maximum atomic E-state index is 9.98. The molecule has 0 saturated heterocycles. The van der Waals surface area contributed by atoms with Crippen molar-refractivity contribution in [3.8, 4) is 0 Å². The van der Waals surface area contributed by atoms with E-state index in [1.807, 2.05) is 0 Å². The average molecular weight is 225 g/mol. The number of pyridine rings is 1. The van der Waals surface area contributed by atoms with E-state index in [4.69, 9.17) is 10.5 Å². The lowest BCUT2D eigenvalue weighted by Crippen LogP contribution is -2.34. The van der Waals surface area contributed by atoms with Crippen LogP contribution in [0.1, 0.15) is 13.3 Å². The molecule has 0 radical (unpaired) electrons. The van der Waals surface area contributed by atoms with E-state index >= 15 is 0 Å². The highest BCUT2D eigenvalue weighted by atomic mass is 16.5. The molecule has 0 aliphatic rings. The van der Waals surface area contributed by atoms with Crippen molar-refractivity contribution in [2.24, 2.45) is 0 Å². The van der Waals surface area contributed by atoms with Gasteiger partial charge in [0, 0.05) is 32.9 Å². The Morgan fingerprint density at radius 3 is 2.94 bits per heavy atom. The first kappa shape index (κ1) is 12.7. The van der Waals surface area contributed by atoms with Crippen molar-refractivity contribution in [1.82, 2.24) is 4.98 Å². The molecule has 0 bridgehead atoms. The normalized spacial score (nSPS) is 14.4. The van der Waals surface area contributed by atoms with Crippen LogP contribution < -0.4 is 11.1 Å². The van der Waals surface area contributed by atoms with E-state index in [2.05, 4.69) is 10.3 Å². The molecule has 1 aromatic heterocycles. The zero-order valence-electron chi connectivity index (χ0n) is 9.73. The lowest BCUT2D eigenvalue weighted by atomic mass is 10.0. The van der Waals surface area contributed by atoms with Gasteiger partial charge in [-0.05, 0) is 13.0 Å². The van der Waals surface area contributed by atoms with Crippen molar-refractivity contribution in [2.45, 2.75) is 18.9 Å². The molecule has 5 nitrogen and oxygen atoms in total. The van der Waals surface area contributed by atoms with Crippen LogP contribution in [0.3, 0.4) is 0 Å². The van der Waals surface area contributed by atoms with Gasteiger partial charge >= 0.3 is 0 Å². The Hall–Kier alpha value is -1.33. The fourth-order valence-electron chi connectivity index (χ4n) is 1.26. The van der Waals surface area contributed by atoms with Gasteiger partial charge in [0.05, 0.1) is 23.2 Å². The Bertz CT molecular complexity index is 329. The number of aromatic nitrogens is 1. The molecule has 0 aromatic carbocycles. The second-order valence-corrected chi connectivity index (χ2v) is 4.10. The number of methoxy groups -OCH3 is 1. The Morgan fingerprint density at radius 2 is 2.31 bits per heavy atom. The van der Waals surface area contributed by atoms with Gasteiger partial charge in [0.15, 0.2) is 0 Å². The van der Waals surface area contributed by atoms with Gasteiger partial charge in [0.2, 0.25) is 0 Å². The third-order valence-electron chi connectivity index (χ3n) is 2.28. The van der Waals surface area contributed by atoms with E-state index in [-0.39, 0.29) is 0 Å². The Labute approximate surface area is 95.6 Å². The molecule has 0 amide bonds. The van der Waals surface area contributed by atoms with Crippen molar-refractivity contribution in [3.05, 3.63) is 18.5 Å². The standard InChI is InChI=1S/C11H19N3O2/c1-11(15,3-4-16-2)8-14-10-5-9(12)6-13-7-10/h5-7,14-15H,3-4,8,12H2,1-2H3. The van der Waals surface area contributed by atoms with Crippen molar-refractivity contribution in [3.63, 3.8) is 0 Å². The number of aliphatic hydroxyl groups is 1. The van der Waals surface area contributed by atoms with Gasteiger partial charge in [-0.25, -0.2) is 0 Å². The zero-order chi connectivity index (χ0) is 12.0. The number of nitrogens with one attached hydrogen (secondary N) is 1. The summed E-state index contributed by atoms with van der Waals surface area (Å²) in [7, 11) is 1.62. The average Bonchev–Trinajstić information content (AvgIpc) is 2.24. The minimum absolute atomic E-state index is 0.432. The van der Waals surface area contributed by atoms with Crippen molar-refractivity contribution in [1.29, 1.82) is 0 Å². The summed E-state index contributed by atoms with van der Waals surface area (Å²) in [6.45, 7) is 2.73. The van der Waals surface area contributed by atoms with Crippen LogP contribution in [0.25, 0.3) is 0 Å². The maximum absolute atomic E-state index is 9.98. The first-order valence-electron chi connectivity index (χ1n) is 5.19. The fourth-order valence-corrected chi connectivity index (χ4v) is 1.26. The summed E-state index contributed by atoms with van der Waals surface area (Å²) in [5.74, 6) is 0. The molecule has 4 N–H and O–H groups in total. The second kappa shape index (κ2) is 5.67. The maximum Gasteiger partial charge on any atom is 0.0813 e. The Balaban J connectivity index is 2.44. The molecule has 0 saturated carbocycles. The van der Waals surface area contributed by atoms with Crippen LogP contribution in [0.5, 0.6) is 0 Å². The number of ether oxygens (including phenoxy) is 1. The molecule has 0 aliphatic carbocycles. The molecule has 1 rings (SSSR count). The number of rotatable bonds is 6. The van der Waals surface area contributed by atoms with Crippen molar-refractivity contribution < 1.29 is 9.84 Å². The van der Waals surface area contributed by atoms with E-state index in [9.17, 15) is 5.11 Å². The summed E-state index contributed by atoms with van der Waals surface area (Å²) >= 11 is 0. The molecular formula is C11H19N3O2. The minimum atomic E-state index is -0.805. The molecular weight excluding hydrogens is 206 g/mol. The number of nitrogens with zero attached hydrogens (tertiary/aromatic N) is 1. The first-order chi connectivity index (χ1) is 7.53. The van der Waals surface area contributed by atoms with Crippen molar-refractivity contribution >= 4 is 11.4 Å². The summed E-state index contributed by atoms with van der Waals surface area (Å²) in [5.41, 5.74) is 6.19. The highest BCUT2D eigenvalue weighted by Gasteiger charge is 2.19. The predicted molar refractivity (Wildman–Crippen MR) is 64.3 cm³/mol. The third-order valence-corrected chi connectivity index (χ3v) is 2.28. The number of hydrogen-bond acceptors (Lipinski definition) is 5. The molecule has 0 spiro atoms. The highest BCUT2D eigenvalue weighted by Crippen LogP contribution is 2.13. The van der Waals surface area contributed by atoms with E-state index in [1.165, 1.54) is 0 Å². The van der Waals surface area contributed by atoms with Gasteiger partial charge in [-0.3, -0.25) is 4.98 Å². The summed E-state index contributed by atoms with van der Waals surface area (Å²) in [6.07, 6.45) is 3.82. The van der Waals surface area contributed by atoms with Gasteiger partial charge in [0.25, 0.3) is 0 Å². The van der Waals surface area contributed by atoms with Gasteiger partial charge < -0.3 is 20.9 Å². The molecule has 1 atom stereocenters. The molecule has 0 aliphatic heterocycles. The van der Waals surface area contributed by atoms with Crippen LogP contribution in [-0.2, 0) is 4.74 Å². The highest BCUT2D eigenvalue weighted by molar-refractivity contribution is 5.51. The number of hydrogen-bond donors (Lipinski definition) is 3. The summed E-state index contributed by atoms with van der Waals surface area (Å²) in [6, 6.07) is 1.78. The van der Waals surface area contributed by atoms with Crippen LogP contribution in [-0.4, -0.2) is 36.0 Å².